The minimum Gasteiger partial charge on any atom is -0.327 e. The first kappa shape index (κ1) is 15.8. The molecular weight excluding hydrogens is 336 g/mol. The van der Waals surface area contributed by atoms with Crippen LogP contribution in [0.15, 0.2) is 47.4 Å². The lowest BCUT2D eigenvalue weighted by Crippen LogP contribution is -2.35. The summed E-state index contributed by atoms with van der Waals surface area (Å²) in [4.78, 5) is 10.7. The molecule has 0 spiro atoms. The lowest BCUT2D eigenvalue weighted by molar-refractivity contribution is -0.105. The fourth-order valence-corrected chi connectivity index (χ4v) is 4.45. The highest BCUT2D eigenvalue weighted by molar-refractivity contribution is 7.92. The highest BCUT2D eigenvalue weighted by Gasteiger charge is 2.29. The number of halogens is 1. The third-order valence-electron chi connectivity index (χ3n) is 3.81. The van der Waals surface area contributed by atoms with Crippen LogP contribution < -0.4 is 9.62 Å². The van der Waals surface area contributed by atoms with E-state index in [4.69, 9.17) is 11.6 Å². The maximum Gasteiger partial charge on any atom is 0.264 e. The molecular formula is C16H15ClN2O3S. The molecule has 120 valence electrons. The number of aryl methyl sites for hydroxylation is 1. The van der Waals surface area contributed by atoms with E-state index in [1.54, 1.807) is 0 Å². The van der Waals surface area contributed by atoms with Gasteiger partial charge in [0.1, 0.15) is 0 Å². The van der Waals surface area contributed by atoms with Crippen LogP contribution in [0.25, 0.3) is 0 Å². The molecule has 0 aromatic heterocycles. The van der Waals surface area contributed by atoms with E-state index < -0.39 is 10.0 Å². The summed E-state index contributed by atoms with van der Waals surface area (Å²) < 4.78 is 27.4. The van der Waals surface area contributed by atoms with Gasteiger partial charge >= 0.3 is 0 Å². The Morgan fingerprint density at radius 3 is 2.74 bits per heavy atom. The van der Waals surface area contributed by atoms with Gasteiger partial charge < -0.3 is 5.32 Å². The highest BCUT2D eigenvalue weighted by atomic mass is 35.5. The van der Waals surface area contributed by atoms with Gasteiger partial charge in [0.15, 0.2) is 0 Å². The number of hydrogen-bond acceptors (Lipinski definition) is 3. The number of fused-ring (bicyclic) bond motifs is 1. The van der Waals surface area contributed by atoms with E-state index in [1.807, 2.05) is 24.3 Å². The summed E-state index contributed by atoms with van der Waals surface area (Å²) in [6, 6.07) is 11.8. The highest BCUT2D eigenvalue weighted by Crippen LogP contribution is 2.33. The van der Waals surface area contributed by atoms with Crippen molar-refractivity contribution in [2.24, 2.45) is 0 Å². The van der Waals surface area contributed by atoms with Crippen molar-refractivity contribution in [3.8, 4) is 0 Å². The monoisotopic (exact) mass is 350 g/mol. The fraction of sp³-hybridized carbons (Fsp3) is 0.188. The number of nitrogens with one attached hydrogen (secondary N) is 1. The van der Waals surface area contributed by atoms with Crippen molar-refractivity contribution in [2.75, 3.05) is 16.2 Å². The van der Waals surface area contributed by atoms with Crippen molar-refractivity contribution in [1.82, 2.24) is 0 Å². The number of rotatable bonds is 4. The quantitative estimate of drug-likeness (QED) is 0.862. The van der Waals surface area contributed by atoms with Crippen molar-refractivity contribution in [3.05, 3.63) is 53.1 Å². The lowest BCUT2D eigenvalue weighted by Gasteiger charge is -2.30. The zero-order valence-corrected chi connectivity index (χ0v) is 13.8. The van der Waals surface area contributed by atoms with E-state index in [1.165, 1.54) is 22.5 Å². The van der Waals surface area contributed by atoms with Crippen LogP contribution in [0, 0.1) is 0 Å². The molecule has 1 amide bonds. The van der Waals surface area contributed by atoms with E-state index in [9.17, 15) is 13.2 Å². The summed E-state index contributed by atoms with van der Waals surface area (Å²) in [7, 11) is -3.71. The van der Waals surface area contributed by atoms with Gasteiger partial charge in [-0.2, -0.15) is 0 Å². The summed E-state index contributed by atoms with van der Waals surface area (Å²) in [6.45, 7) is 0.429. The van der Waals surface area contributed by atoms with Gasteiger partial charge in [0.25, 0.3) is 10.0 Å². The van der Waals surface area contributed by atoms with Crippen LogP contribution in [0.1, 0.15) is 12.0 Å². The second-order valence-electron chi connectivity index (χ2n) is 5.21. The number of benzene rings is 2. The van der Waals surface area contributed by atoms with Gasteiger partial charge in [0, 0.05) is 6.54 Å². The minimum atomic E-state index is -3.71. The summed E-state index contributed by atoms with van der Waals surface area (Å²) in [5, 5.41) is 2.70. The molecule has 23 heavy (non-hydrogen) atoms. The van der Waals surface area contributed by atoms with Crippen LogP contribution in [0.3, 0.4) is 0 Å². The standard InChI is InChI=1S/C16H15ClN2O3S/c17-14-8-7-13(10-15(14)18-11-20)23(21,22)19-9-3-5-12-4-1-2-6-16(12)19/h1-2,4,6-8,10-11H,3,5,9H2,(H,18,20). The topological polar surface area (TPSA) is 66.5 Å². The third kappa shape index (κ3) is 2.92. The van der Waals surface area contributed by atoms with Crippen molar-refractivity contribution >= 4 is 39.4 Å². The minimum absolute atomic E-state index is 0.1000. The summed E-state index contributed by atoms with van der Waals surface area (Å²) in [6.07, 6.45) is 2.10. The first-order valence-electron chi connectivity index (χ1n) is 7.14. The van der Waals surface area contributed by atoms with Crippen molar-refractivity contribution in [2.45, 2.75) is 17.7 Å². The predicted octanol–water partition coefficient (Wildman–Crippen LogP) is 3.05. The first-order chi connectivity index (χ1) is 11.0. The third-order valence-corrected chi connectivity index (χ3v) is 5.95. The van der Waals surface area contributed by atoms with E-state index in [2.05, 4.69) is 5.32 Å². The average Bonchev–Trinajstić information content (AvgIpc) is 2.56. The van der Waals surface area contributed by atoms with Crippen LogP contribution in [-0.2, 0) is 21.2 Å². The zero-order chi connectivity index (χ0) is 16.4. The number of carbonyl (C=O) groups excluding carboxylic acids is 1. The lowest BCUT2D eigenvalue weighted by atomic mass is 10.0. The van der Waals surface area contributed by atoms with E-state index in [-0.39, 0.29) is 15.6 Å². The zero-order valence-electron chi connectivity index (χ0n) is 12.2. The van der Waals surface area contributed by atoms with Gasteiger partial charge in [-0.25, -0.2) is 8.42 Å². The van der Waals surface area contributed by atoms with Gasteiger partial charge in [0.05, 0.1) is 21.3 Å². The van der Waals surface area contributed by atoms with Crippen molar-refractivity contribution in [3.63, 3.8) is 0 Å². The molecule has 0 atom stereocenters. The van der Waals surface area contributed by atoms with Gasteiger partial charge in [-0.15, -0.1) is 0 Å². The van der Waals surface area contributed by atoms with E-state index in [0.717, 1.165) is 18.4 Å². The largest absolute Gasteiger partial charge is 0.327 e. The molecule has 1 aliphatic rings. The molecule has 5 nitrogen and oxygen atoms in total. The second-order valence-corrected chi connectivity index (χ2v) is 7.48. The summed E-state index contributed by atoms with van der Waals surface area (Å²) in [5.74, 6) is 0. The second kappa shape index (κ2) is 6.22. The molecule has 0 unspecified atom stereocenters. The van der Waals surface area contributed by atoms with Gasteiger partial charge in [0.2, 0.25) is 6.41 Å². The number of anilines is 2. The molecule has 3 rings (SSSR count). The fourth-order valence-electron chi connectivity index (χ4n) is 2.71. The van der Waals surface area contributed by atoms with Crippen LogP contribution in [0.4, 0.5) is 11.4 Å². The molecule has 0 saturated heterocycles. The molecule has 0 saturated carbocycles. The maximum atomic E-state index is 13.0. The number of hydrogen-bond donors (Lipinski definition) is 1. The van der Waals surface area contributed by atoms with Crippen molar-refractivity contribution < 1.29 is 13.2 Å². The Kier molecular flexibility index (Phi) is 4.28. The molecule has 0 radical (unpaired) electrons. The Hall–Kier alpha value is -2.05. The predicted molar refractivity (Wildman–Crippen MR) is 90.4 cm³/mol. The number of amides is 1. The van der Waals surface area contributed by atoms with Gasteiger partial charge in [-0.05, 0) is 42.7 Å². The Labute approximate surface area is 139 Å². The SMILES string of the molecule is O=CNc1cc(S(=O)(=O)N2CCCc3ccccc32)ccc1Cl. The molecule has 0 aliphatic carbocycles. The smallest absolute Gasteiger partial charge is 0.264 e. The molecule has 1 N–H and O–H groups in total. The van der Waals surface area contributed by atoms with Crippen LogP contribution in [-0.4, -0.2) is 21.4 Å². The Balaban J connectivity index is 2.06. The van der Waals surface area contributed by atoms with Gasteiger partial charge in [-0.3, -0.25) is 9.10 Å². The number of sulfonamides is 1. The Morgan fingerprint density at radius 2 is 1.96 bits per heavy atom. The Morgan fingerprint density at radius 1 is 1.17 bits per heavy atom. The summed E-state index contributed by atoms with van der Waals surface area (Å²) in [5.41, 5.74) is 1.99. The Bertz CT molecular complexity index is 852. The van der Waals surface area contributed by atoms with Gasteiger partial charge in [-0.1, -0.05) is 29.8 Å². The molecule has 0 bridgehead atoms. The molecule has 0 fully saturated rings. The number of nitrogens with zero attached hydrogens (tertiary/aromatic N) is 1. The maximum absolute atomic E-state index is 13.0. The van der Waals surface area contributed by atoms with E-state index >= 15 is 0 Å². The van der Waals surface area contributed by atoms with Crippen LogP contribution in [0.5, 0.6) is 0 Å². The number of para-hydroxylation sites is 1. The average molecular weight is 351 g/mol. The van der Waals surface area contributed by atoms with Crippen LogP contribution >= 0.6 is 11.6 Å². The molecule has 1 aliphatic heterocycles. The number of carbonyl (C=O) groups is 1. The summed E-state index contributed by atoms with van der Waals surface area (Å²) >= 11 is 5.96. The van der Waals surface area contributed by atoms with E-state index in [0.29, 0.717) is 18.6 Å². The molecule has 1 heterocycles. The van der Waals surface area contributed by atoms with Crippen molar-refractivity contribution in [1.29, 1.82) is 0 Å². The molecule has 2 aromatic rings. The van der Waals surface area contributed by atoms with Crippen LogP contribution in [0.2, 0.25) is 5.02 Å². The normalized spacial score (nSPS) is 14.2. The first-order valence-corrected chi connectivity index (χ1v) is 8.96. The molecule has 2 aromatic carbocycles. The molecule has 7 heteroatoms.